The highest BCUT2D eigenvalue weighted by Gasteiger charge is 2.44. The molecule has 3 fully saturated rings. The van der Waals surface area contributed by atoms with Crippen molar-refractivity contribution in [2.24, 2.45) is 5.92 Å². The fourth-order valence-corrected chi connectivity index (χ4v) is 4.33. The second-order valence-electron chi connectivity index (χ2n) is 8.21. The maximum absolute atomic E-state index is 12.7. The highest BCUT2D eigenvalue weighted by atomic mass is 16.3. The summed E-state index contributed by atoms with van der Waals surface area (Å²) in [7, 11) is 2.07. The summed E-state index contributed by atoms with van der Waals surface area (Å²) >= 11 is 0. The third-order valence-electron chi connectivity index (χ3n) is 6.41. The number of nitrogens with zero attached hydrogens (tertiary/aromatic N) is 3. The Bertz CT molecular complexity index is 728. The molecule has 1 atom stereocenters. The third kappa shape index (κ3) is 3.65. The van der Waals surface area contributed by atoms with Crippen LogP contribution in [0.25, 0.3) is 0 Å². The smallest absolute Gasteiger partial charge is 0.298 e. The normalized spacial score (nSPS) is 27.1. The van der Waals surface area contributed by atoms with Gasteiger partial charge in [0.1, 0.15) is 0 Å². The molecule has 0 bridgehead atoms. The maximum Gasteiger partial charge on any atom is 0.298 e. The zero-order chi connectivity index (χ0) is 19.0. The van der Waals surface area contributed by atoms with E-state index in [0.29, 0.717) is 32.0 Å². The molecule has 0 aromatic carbocycles. The first-order valence-corrected chi connectivity index (χ1v) is 9.85. The Morgan fingerprint density at radius 1 is 1.22 bits per heavy atom. The quantitative estimate of drug-likeness (QED) is 0.589. The molecule has 27 heavy (non-hydrogen) atoms. The second-order valence-corrected chi connectivity index (χ2v) is 8.21. The monoisotopic (exact) mass is 373 g/mol. The summed E-state index contributed by atoms with van der Waals surface area (Å²) in [5.41, 5.74) is -0.245. The molecule has 1 saturated carbocycles. The van der Waals surface area contributed by atoms with Gasteiger partial charge in [0.2, 0.25) is 5.91 Å². The summed E-state index contributed by atoms with van der Waals surface area (Å²) < 4.78 is 5.10. The Kier molecular flexibility index (Phi) is 4.80. The van der Waals surface area contributed by atoms with Gasteiger partial charge in [-0.05, 0) is 50.8 Å². The molecule has 1 spiro atoms. The van der Waals surface area contributed by atoms with Crippen LogP contribution in [0, 0.1) is 5.92 Å². The van der Waals surface area contributed by atoms with Gasteiger partial charge in [-0.3, -0.25) is 19.3 Å². The molecule has 2 saturated heterocycles. The molecule has 2 amide bonds. The van der Waals surface area contributed by atoms with E-state index in [2.05, 4.69) is 11.9 Å². The molecule has 7 heteroatoms. The minimum Gasteiger partial charge on any atom is -0.461 e. The average Bonchev–Trinajstić information content (AvgIpc) is 3.36. The number of hydrogen-bond acceptors (Lipinski definition) is 5. The summed E-state index contributed by atoms with van der Waals surface area (Å²) in [5, 5.41) is 0. The van der Waals surface area contributed by atoms with E-state index < -0.39 is 11.7 Å². The van der Waals surface area contributed by atoms with Gasteiger partial charge < -0.3 is 14.2 Å². The van der Waals surface area contributed by atoms with Crippen LogP contribution < -0.4 is 0 Å². The zero-order valence-electron chi connectivity index (χ0n) is 15.9. The number of carbonyl (C=O) groups is 3. The van der Waals surface area contributed by atoms with E-state index in [-0.39, 0.29) is 17.2 Å². The third-order valence-corrected chi connectivity index (χ3v) is 6.41. The molecule has 4 rings (SSSR count). The first-order chi connectivity index (χ1) is 13.0. The number of carbonyl (C=O) groups excluding carboxylic acids is 3. The molecule has 1 aromatic heterocycles. The maximum atomic E-state index is 12.7. The van der Waals surface area contributed by atoms with E-state index >= 15 is 0 Å². The van der Waals surface area contributed by atoms with Crippen molar-refractivity contribution < 1.29 is 18.8 Å². The number of likely N-dealkylation sites (N-methyl/N-ethyl adjacent to an activating group) is 1. The van der Waals surface area contributed by atoms with Gasteiger partial charge in [-0.15, -0.1) is 0 Å². The van der Waals surface area contributed by atoms with Crippen molar-refractivity contribution >= 4 is 17.6 Å². The van der Waals surface area contributed by atoms with E-state index in [1.165, 1.54) is 25.2 Å². The van der Waals surface area contributed by atoms with Crippen molar-refractivity contribution in [1.82, 2.24) is 14.7 Å². The van der Waals surface area contributed by atoms with Crippen molar-refractivity contribution in [3.05, 3.63) is 24.2 Å². The van der Waals surface area contributed by atoms with Crippen molar-refractivity contribution in [2.45, 2.75) is 37.6 Å². The largest absolute Gasteiger partial charge is 0.461 e. The first kappa shape index (κ1) is 18.2. The molecule has 3 aliphatic rings. The van der Waals surface area contributed by atoms with Crippen LogP contribution >= 0.6 is 0 Å². The Morgan fingerprint density at radius 2 is 2.04 bits per heavy atom. The summed E-state index contributed by atoms with van der Waals surface area (Å²) in [6.45, 7) is 3.31. The Labute approximate surface area is 159 Å². The van der Waals surface area contributed by atoms with Crippen LogP contribution in [-0.2, 0) is 9.59 Å². The zero-order valence-corrected chi connectivity index (χ0v) is 15.9. The summed E-state index contributed by atoms with van der Waals surface area (Å²) in [6, 6.07) is 3.13. The first-order valence-electron chi connectivity index (χ1n) is 9.85. The lowest BCUT2D eigenvalue weighted by Crippen LogP contribution is -2.62. The lowest BCUT2D eigenvalue weighted by atomic mass is 9.86. The van der Waals surface area contributed by atoms with Gasteiger partial charge in [-0.2, -0.15) is 0 Å². The molecule has 3 heterocycles. The molecular formula is C20H27N3O4. The number of likely N-dealkylation sites (tertiary alicyclic amines) is 1. The highest BCUT2D eigenvalue weighted by molar-refractivity contribution is 6.41. The van der Waals surface area contributed by atoms with Gasteiger partial charge in [-0.1, -0.05) is 0 Å². The van der Waals surface area contributed by atoms with Crippen molar-refractivity contribution in [3.63, 3.8) is 0 Å². The van der Waals surface area contributed by atoms with Crippen molar-refractivity contribution in [1.29, 1.82) is 0 Å². The van der Waals surface area contributed by atoms with E-state index in [1.54, 1.807) is 11.0 Å². The van der Waals surface area contributed by atoms with Gasteiger partial charge in [-0.25, -0.2) is 0 Å². The average molecular weight is 373 g/mol. The van der Waals surface area contributed by atoms with E-state index in [9.17, 15) is 14.4 Å². The van der Waals surface area contributed by atoms with E-state index in [1.807, 2.05) is 4.90 Å². The molecule has 0 N–H and O–H groups in total. The number of piperazine rings is 1. The fraction of sp³-hybridized carbons (Fsp3) is 0.650. The molecule has 146 valence electrons. The van der Waals surface area contributed by atoms with Crippen LogP contribution in [-0.4, -0.2) is 77.6 Å². The number of rotatable bonds is 4. The highest BCUT2D eigenvalue weighted by Crippen LogP contribution is 2.35. The fourth-order valence-electron chi connectivity index (χ4n) is 4.33. The van der Waals surface area contributed by atoms with Crippen LogP contribution in [0.15, 0.2) is 22.8 Å². The minimum absolute atomic E-state index is 0.0830. The minimum atomic E-state index is -0.597. The molecule has 2 aliphatic heterocycles. The summed E-state index contributed by atoms with van der Waals surface area (Å²) in [4.78, 5) is 43.6. The van der Waals surface area contributed by atoms with E-state index in [0.717, 1.165) is 25.9 Å². The van der Waals surface area contributed by atoms with Crippen LogP contribution in [0.5, 0.6) is 0 Å². The SMILES string of the molecule is CN1CCN(C(=O)C(=O)c2ccco2)CC12CCC(=O)N(CC1CC1)CC2. The van der Waals surface area contributed by atoms with Crippen LogP contribution in [0.3, 0.4) is 0 Å². The second kappa shape index (κ2) is 7.11. The predicted molar refractivity (Wildman–Crippen MR) is 98.1 cm³/mol. The summed E-state index contributed by atoms with van der Waals surface area (Å²) in [6.07, 6.45) is 5.92. The number of ketones is 1. The number of amides is 2. The van der Waals surface area contributed by atoms with Gasteiger partial charge in [0.15, 0.2) is 5.76 Å². The van der Waals surface area contributed by atoms with Gasteiger partial charge in [0.05, 0.1) is 6.26 Å². The standard InChI is InChI=1S/C20H27N3O4/c1-21-10-11-23(19(26)18(25)16-3-2-12-27-16)14-20(21)7-6-17(24)22(9-8-20)13-15-4-5-15/h2-3,12,15H,4-11,13-14H2,1H3. The predicted octanol–water partition coefficient (Wildman–Crippen LogP) is 1.40. The van der Waals surface area contributed by atoms with Crippen LogP contribution in [0.4, 0.5) is 0 Å². The number of furan rings is 1. The van der Waals surface area contributed by atoms with Gasteiger partial charge >= 0.3 is 0 Å². The van der Waals surface area contributed by atoms with Crippen LogP contribution in [0.2, 0.25) is 0 Å². The lowest BCUT2D eigenvalue weighted by Gasteiger charge is -2.49. The van der Waals surface area contributed by atoms with E-state index in [4.69, 9.17) is 4.42 Å². The Balaban J connectivity index is 1.47. The molecule has 1 aliphatic carbocycles. The molecule has 7 nitrogen and oxygen atoms in total. The number of Topliss-reactive ketones (excluding diaryl/α,β-unsaturated/α-hetero) is 1. The van der Waals surface area contributed by atoms with Crippen LogP contribution in [0.1, 0.15) is 42.7 Å². The van der Waals surface area contributed by atoms with Gasteiger partial charge in [0, 0.05) is 44.7 Å². The molecule has 1 aromatic rings. The Morgan fingerprint density at radius 3 is 2.74 bits per heavy atom. The summed E-state index contributed by atoms with van der Waals surface area (Å²) in [5.74, 6) is -0.124. The van der Waals surface area contributed by atoms with Gasteiger partial charge in [0.25, 0.3) is 11.7 Å². The van der Waals surface area contributed by atoms with Crippen molar-refractivity contribution in [3.8, 4) is 0 Å². The molecule has 1 unspecified atom stereocenters. The molecule has 0 radical (unpaired) electrons. The lowest BCUT2D eigenvalue weighted by molar-refractivity contribution is -0.132. The topological polar surface area (TPSA) is 74.1 Å². The molecular weight excluding hydrogens is 346 g/mol. The Hall–Kier alpha value is -2.15. The number of hydrogen-bond donors (Lipinski definition) is 0. The van der Waals surface area contributed by atoms with Crippen molar-refractivity contribution in [2.75, 3.05) is 39.8 Å².